The fourth-order valence-electron chi connectivity index (χ4n) is 6.16. The highest BCUT2D eigenvalue weighted by Gasteiger charge is 2.34. The van der Waals surface area contributed by atoms with Crippen molar-refractivity contribution in [2.24, 2.45) is 0 Å². The van der Waals surface area contributed by atoms with Crippen LogP contribution in [-0.2, 0) is 0 Å². The third kappa shape index (κ3) is 25.6. The molecule has 0 saturated heterocycles. The molecule has 42 heavy (non-hydrogen) atoms. The summed E-state index contributed by atoms with van der Waals surface area (Å²) in [6, 6.07) is 8.06. The number of carbonyl (C=O) groups is 1. The van der Waals surface area contributed by atoms with Gasteiger partial charge in [0.25, 0.3) is 0 Å². The Morgan fingerprint density at radius 2 is 0.714 bits per heavy atom. The Balaban J connectivity index is 0.00000157. The fraction of sp³-hybridized carbons (Fsp3) is 0.821. The molecule has 0 spiro atoms. The number of benzene rings is 1. The molecule has 0 aliphatic heterocycles. The average molecular weight is 605 g/mol. The van der Waals surface area contributed by atoms with Gasteiger partial charge < -0.3 is 9.90 Å². The molecule has 1 rings (SSSR count). The van der Waals surface area contributed by atoms with Crippen molar-refractivity contribution < 1.29 is 9.90 Å². The summed E-state index contributed by atoms with van der Waals surface area (Å²) in [5, 5.41) is 10.1. The number of hydrogen-bond donors (Lipinski definition) is 0. The summed E-state index contributed by atoms with van der Waals surface area (Å²) in [4.78, 5) is 10.1. The standard InChI is InChI=1S/C32H68P.C7H6O2/c1-5-9-13-17-18-19-20-21-22-23-24-28-32-33(29-25-14-10-6-2,30-26-15-11-7-3)31-27-16-12-8-4;8-7(9)6-4-2-1-3-5-6/h5-32H2,1-4H3;1-5H,(H,8,9)/q+1;/p-1. The first kappa shape index (κ1) is 41.1. The summed E-state index contributed by atoms with van der Waals surface area (Å²) >= 11 is 0. The van der Waals surface area contributed by atoms with E-state index in [0.717, 1.165) is 0 Å². The second-order valence-electron chi connectivity index (χ2n) is 13.0. The highest BCUT2D eigenvalue weighted by atomic mass is 31.2. The van der Waals surface area contributed by atoms with Crippen LogP contribution in [0.1, 0.15) is 192 Å². The van der Waals surface area contributed by atoms with E-state index < -0.39 is 13.2 Å². The van der Waals surface area contributed by atoms with Gasteiger partial charge in [0.2, 0.25) is 0 Å². The highest BCUT2D eigenvalue weighted by Crippen LogP contribution is 2.61. The van der Waals surface area contributed by atoms with Gasteiger partial charge in [-0.3, -0.25) is 0 Å². The molecule has 0 amide bonds. The molecule has 0 aromatic heterocycles. The van der Waals surface area contributed by atoms with E-state index in [0.29, 0.717) is 0 Å². The Morgan fingerprint density at radius 1 is 0.452 bits per heavy atom. The lowest BCUT2D eigenvalue weighted by atomic mass is 10.1. The third-order valence-corrected chi connectivity index (χ3v) is 14.0. The zero-order valence-electron chi connectivity index (χ0n) is 28.9. The Hall–Kier alpha value is -0.880. The van der Waals surface area contributed by atoms with Gasteiger partial charge in [0, 0.05) is 7.26 Å². The maximum atomic E-state index is 10.1. The number of unbranched alkanes of at least 4 members (excludes halogenated alkanes) is 20. The number of carboxylic acid groups (broad SMARTS) is 1. The van der Waals surface area contributed by atoms with E-state index >= 15 is 0 Å². The summed E-state index contributed by atoms with van der Waals surface area (Å²) in [6.07, 6.45) is 42.1. The van der Waals surface area contributed by atoms with Crippen molar-refractivity contribution in [2.75, 3.05) is 24.6 Å². The molecular weight excluding hydrogens is 531 g/mol. The highest BCUT2D eigenvalue weighted by molar-refractivity contribution is 7.75. The van der Waals surface area contributed by atoms with Gasteiger partial charge in [-0.05, 0) is 56.9 Å². The Labute approximate surface area is 265 Å². The van der Waals surface area contributed by atoms with Crippen molar-refractivity contribution in [3.8, 4) is 0 Å². The molecule has 246 valence electrons. The van der Waals surface area contributed by atoms with E-state index in [2.05, 4.69) is 27.7 Å². The van der Waals surface area contributed by atoms with Gasteiger partial charge in [-0.1, -0.05) is 161 Å². The summed E-state index contributed by atoms with van der Waals surface area (Å²) in [5.41, 5.74) is 0.220. The first-order chi connectivity index (χ1) is 20.5. The van der Waals surface area contributed by atoms with Crippen molar-refractivity contribution in [1.29, 1.82) is 0 Å². The molecule has 1 aromatic rings. The lowest BCUT2D eigenvalue weighted by molar-refractivity contribution is -0.255. The number of carboxylic acids is 1. The van der Waals surface area contributed by atoms with Gasteiger partial charge in [-0.2, -0.15) is 0 Å². The van der Waals surface area contributed by atoms with Crippen molar-refractivity contribution in [2.45, 2.75) is 182 Å². The van der Waals surface area contributed by atoms with Crippen LogP contribution >= 0.6 is 7.26 Å². The number of carbonyl (C=O) groups excluding carboxylic acids is 1. The van der Waals surface area contributed by atoms with E-state index in [-0.39, 0.29) is 5.56 Å². The minimum Gasteiger partial charge on any atom is -0.545 e. The first-order valence-corrected chi connectivity index (χ1v) is 21.2. The van der Waals surface area contributed by atoms with Gasteiger partial charge >= 0.3 is 0 Å². The first-order valence-electron chi connectivity index (χ1n) is 18.7. The van der Waals surface area contributed by atoms with Gasteiger partial charge in [0.15, 0.2) is 0 Å². The van der Waals surface area contributed by atoms with Gasteiger partial charge in [-0.25, -0.2) is 0 Å². The SMILES string of the molecule is CCCCCCCCCCCCCC[P+](CCCCCC)(CCCCCC)CCCCCC.O=C([O-])c1ccccc1. The lowest BCUT2D eigenvalue weighted by Crippen LogP contribution is -2.21. The fourth-order valence-corrected chi connectivity index (χ4v) is 11.1. The molecule has 0 bridgehead atoms. The van der Waals surface area contributed by atoms with Gasteiger partial charge in [0.05, 0.1) is 30.6 Å². The van der Waals surface area contributed by atoms with Crippen molar-refractivity contribution >= 4 is 13.2 Å². The normalized spacial score (nSPS) is 11.3. The molecule has 0 saturated carbocycles. The molecule has 0 aliphatic rings. The van der Waals surface area contributed by atoms with Gasteiger partial charge in [-0.15, -0.1) is 0 Å². The predicted molar refractivity (Wildman–Crippen MR) is 191 cm³/mol. The minimum absolute atomic E-state index is 0.220. The molecule has 0 unspecified atom stereocenters. The second-order valence-corrected chi connectivity index (χ2v) is 17.4. The third-order valence-electron chi connectivity index (χ3n) is 8.95. The van der Waals surface area contributed by atoms with Crippen LogP contribution in [0.5, 0.6) is 0 Å². The molecule has 0 radical (unpaired) electrons. The maximum absolute atomic E-state index is 10.1. The molecule has 0 atom stereocenters. The molecule has 0 N–H and O–H groups in total. The van der Waals surface area contributed by atoms with Crippen LogP contribution in [0.4, 0.5) is 0 Å². The van der Waals surface area contributed by atoms with Crippen molar-refractivity contribution in [1.82, 2.24) is 0 Å². The van der Waals surface area contributed by atoms with Crippen molar-refractivity contribution in [3.05, 3.63) is 35.9 Å². The van der Waals surface area contributed by atoms with E-state index in [4.69, 9.17) is 0 Å². The van der Waals surface area contributed by atoms with E-state index in [1.807, 2.05) is 0 Å². The largest absolute Gasteiger partial charge is 0.545 e. The summed E-state index contributed by atoms with van der Waals surface area (Å²) in [5.74, 6) is -1.13. The van der Waals surface area contributed by atoms with Crippen LogP contribution in [0.15, 0.2) is 30.3 Å². The predicted octanol–water partition coefficient (Wildman–Crippen LogP) is 12.5. The molecule has 1 aromatic carbocycles. The average Bonchev–Trinajstić information content (AvgIpc) is 3.01. The second kappa shape index (κ2) is 31.5. The van der Waals surface area contributed by atoms with Crippen LogP contribution < -0.4 is 5.11 Å². The Bertz CT molecular complexity index is 643. The van der Waals surface area contributed by atoms with Crippen LogP contribution in [0, 0.1) is 0 Å². The molecule has 3 heteroatoms. The number of hydrogen-bond acceptors (Lipinski definition) is 2. The molecular formula is C39H73O2P. The van der Waals surface area contributed by atoms with Crippen molar-refractivity contribution in [3.63, 3.8) is 0 Å². The van der Waals surface area contributed by atoms with Gasteiger partial charge in [0.1, 0.15) is 0 Å². The van der Waals surface area contributed by atoms with E-state index in [9.17, 15) is 9.90 Å². The summed E-state index contributed by atoms with van der Waals surface area (Å²) in [7, 11) is -0.697. The molecule has 0 aliphatic carbocycles. The smallest absolute Gasteiger partial charge is 0.0715 e. The van der Waals surface area contributed by atoms with Crippen LogP contribution in [0.2, 0.25) is 0 Å². The zero-order valence-corrected chi connectivity index (χ0v) is 29.8. The summed E-state index contributed by atoms with van der Waals surface area (Å²) in [6.45, 7) is 9.41. The van der Waals surface area contributed by atoms with E-state index in [1.54, 1.807) is 68.5 Å². The van der Waals surface area contributed by atoms with Crippen LogP contribution in [0.25, 0.3) is 0 Å². The Kier molecular flexibility index (Phi) is 30.9. The molecule has 2 nitrogen and oxygen atoms in total. The van der Waals surface area contributed by atoms with Crippen LogP contribution in [0.3, 0.4) is 0 Å². The molecule has 0 fully saturated rings. The zero-order chi connectivity index (χ0) is 31.0. The Morgan fingerprint density at radius 3 is 0.976 bits per heavy atom. The number of aromatic carboxylic acids is 1. The van der Waals surface area contributed by atoms with Crippen LogP contribution in [-0.4, -0.2) is 30.6 Å². The monoisotopic (exact) mass is 605 g/mol. The lowest BCUT2D eigenvalue weighted by Gasteiger charge is -2.28. The maximum Gasteiger partial charge on any atom is 0.0715 e. The quantitative estimate of drug-likeness (QED) is 0.0674. The molecule has 0 heterocycles. The number of rotatable bonds is 29. The van der Waals surface area contributed by atoms with E-state index in [1.165, 1.54) is 141 Å². The minimum atomic E-state index is -1.13. The topological polar surface area (TPSA) is 40.1 Å². The summed E-state index contributed by atoms with van der Waals surface area (Å²) < 4.78 is 0.